The average Bonchev–Trinajstić information content (AvgIpc) is 3.38. The van der Waals surface area contributed by atoms with Gasteiger partial charge in [0.2, 0.25) is 5.89 Å². The number of unbranched alkanes of at least 4 members (excludes halogenated alkanes) is 1. The fourth-order valence-corrected chi connectivity index (χ4v) is 3.94. The van der Waals surface area contributed by atoms with Crippen LogP contribution in [-0.2, 0) is 12.2 Å². The number of benzene rings is 2. The Morgan fingerprint density at radius 2 is 1.90 bits per heavy atom. The van der Waals surface area contributed by atoms with Crippen LogP contribution in [0.3, 0.4) is 0 Å². The number of hydrogen-bond acceptors (Lipinski definition) is 6. The molecule has 0 unspecified atom stereocenters. The summed E-state index contributed by atoms with van der Waals surface area (Å²) in [6.07, 6.45) is 2.86. The third-order valence-electron chi connectivity index (χ3n) is 4.43. The Labute approximate surface area is 182 Å². The van der Waals surface area contributed by atoms with Crippen molar-refractivity contribution in [1.29, 1.82) is 0 Å². The Bertz CT molecular complexity index is 1150. The number of nitrogens with zero attached hydrogens (tertiary/aromatic N) is 5. The Hall–Kier alpha value is -2.71. The average molecular weight is 444 g/mol. The zero-order chi connectivity index (χ0) is 20.9. The number of halogens is 2. The molecule has 0 saturated heterocycles. The van der Waals surface area contributed by atoms with Crippen molar-refractivity contribution in [3.63, 3.8) is 0 Å². The number of hydrogen-bond donors (Lipinski definition) is 0. The molecule has 0 atom stereocenters. The highest BCUT2D eigenvalue weighted by atomic mass is 35.5. The first-order chi connectivity index (χ1) is 14.7. The Kier molecular flexibility index (Phi) is 6.44. The van der Waals surface area contributed by atoms with E-state index in [0.29, 0.717) is 44.7 Å². The Balaban J connectivity index is 1.67. The topological polar surface area (TPSA) is 69.6 Å². The van der Waals surface area contributed by atoms with E-state index in [1.54, 1.807) is 28.8 Å². The summed E-state index contributed by atoms with van der Waals surface area (Å²) >= 11 is 7.72. The quantitative estimate of drug-likeness (QED) is 0.323. The van der Waals surface area contributed by atoms with Gasteiger partial charge in [-0.3, -0.25) is 4.57 Å². The number of thioether (sulfide) groups is 1. The van der Waals surface area contributed by atoms with Crippen molar-refractivity contribution in [2.45, 2.75) is 37.1 Å². The summed E-state index contributed by atoms with van der Waals surface area (Å²) in [6, 6.07) is 13.8. The van der Waals surface area contributed by atoms with Gasteiger partial charge in [-0.05, 0) is 30.7 Å². The molecule has 0 aliphatic carbocycles. The minimum absolute atomic E-state index is 0.342. The number of rotatable bonds is 8. The van der Waals surface area contributed by atoms with Crippen LogP contribution in [0.1, 0.15) is 31.5 Å². The lowest BCUT2D eigenvalue weighted by Gasteiger charge is -2.11. The smallest absolute Gasteiger partial charge is 0.237 e. The number of aryl methyl sites for hydroxylation is 1. The molecule has 0 bridgehead atoms. The molecule has 9 heteroatoms. The van der Waals surface area contributed by atoms with Crippen molar-refractivity contribution >= 4 is 23.4 Å². The normalized spacial score (nSPS) is 11.2. The van der Waals surface area contributed by atoms with Crippen LogP contribution in [0.15, 0.2) is 58.2 Å². The molecule has 0 saturated carbocycles. The number of aromatic nitrogens is 5. The fourth-order valence-electron chi connectivity index (χ4n) is 2.94. The predicted octanol–water partition coefficient (Wildman–Crippen LogP) is 5.74. The van der Waals surface area contributed by atoms with Gasteiger partial charge < -0.3 is 4.52 Å². The molecule has 0 N–H and O–H groups in total. The Morgan fingerprint density at radius 1 is 1.10 bits per heavy atom. The summed E-state index contributed by atoms with van der Waals surface area (Å²) in [5.74, 6) is 1.66. The molecule has 0 aliphatic heterocycles. The van der Waals surface area contributed by atoms with Crippen LogP contribution in [0.5, 0.6) is 0 Å². The SMILES string of the molecule is CCCCc1noc(CSc2nnc(-c3ccccc3Cl)n2-c2ccccc2F)n1. The highest BCUT2D eigenvalue weighted by Crippen LogP contribution is 2.33. The van der Waals surface area contributed by atoms with Gasteiger partial charge in [0.1, 0.15) is 5.82 Å². The van der Waals surface area contributed by atoms with Gasteiger partial charge in [0.25, 0.3) is 0 Å². The summed E-state index contributed by atoms with van der Waals surface area (Å²) in [6.45, 7) is 2.11. The van der Waals surface area contributed by atoms with Gasteiger partial charge in [0.05, 0.1) is 16.5 Å². The largest absolute Gasteiger partial charge is 0.338 e. The molecule has 4 rings (SSSR count). The highest BCUT2D eigenvalue weighted by Gasteiger charge is 2.21. The summed E-state index contributed by atoms with van der Waals surface area (Å²) in [7, 11) is 0. The first-order valence-corrected chi connectivity index (χ1v) is 10.9. The monoisotopic (exact) mass is 443 g/mol. The zero-order valence-corrected chi connectivity index (χ0v) is 17.8. The summed E-state index contributed by atoms with van der Waals surface area (Å²) < 4.78 is 21.6. The molecule has 2 aromatic heterocycles. The minimum atomic E-state index is -0.382. The second-order valence-electron chi connectivity index (χ2n) is 6.57. The van der Waals surface area contributed by atoms with E-state index in [1.165, 1.54) is 17.8 Å². The van der Waals surface area contributed by atoms with Gasteiger partial charge in [0, 0.05) is 12.0 Å². The van der Waals surface area contributed by atoms with E-state index >= 15 is 0 Å². The molecular weight excluding hydrogens is 425 g/mol. The third-order valence-corrected chi connectivity index (χ3v) is 5.67. The van der Waals surface area contributed by atoms with Crippen LogP contribution in [0.4, 0.5) is 4.39 Å². The van der Waals surface area contributed by atoms with E-state index in [4.69, 9.17) is 16.1 Å². The van der Waals surface area contributed by atoms with Crippen molar-refractivity contribution in [2.75, 3.05) is 0 Å². The first-order valence-electron chi connectivity index (χ1n) is 9.57. The van der Waals surface area contributed by atoms with Crippen LogP contribution in [-0.4, -0.2) is 24.9 Å². The zero-order valence-electron chi connectivity index (χ0n) is 16.3. The predicted molar refractivity (Wildman–Crippen MR) is 114 cm³/mol. The van der Waals surface area contributed by atoms with Crippen LogP contribution < -0.4 is 0 Å². The molecule has 0 fully saturated rings. The molecule has 0 spiro atoms. The van der Waals surface area contributed by atoms with Crippen LogP contribution >= 0.6 is 23.4 Å². The van der Waals surface area contributed by atoms with Crippen molar-refractivity contribution in [2.24, 2.45) is 0 Å². The lowest BCUT2D eigenvalue weighted by molar-refractivity contribution is 0.384. The fraction of sp³-hybridized carbons (Fsp3) is 0.238. The third kappa shape index (κ3) is 4.39. The maximum atomic E-state index is 14.7. The summed E-state index contributed by atoms with van der Waals surface area (Å²) in [5, 5.41) is 13.6. The molecule has 2 aromatic carbocycles. The molecule has 154 valence electrons. The highest BCUT2D eigenvalue weighted by molar-refractivity contribution is 7.98. The van der Waals surface area contributed by atoms with Gasteiger partial charge in [-0.2, -0.15) is 4.98 Å². The van der Waals surface area contributed by atoms with E-state index in [-0.39, 0.29) is 5.82 Å². The molecule has 6 nitrogen and oxygen atoms in total. The summed E-state index contributed by atoms with van der Waals surface area (Å²) in [4.78, 5) is 4.41. The van der Waals surface area contributed by atoms with Gasteiger partial charge in [-0.15, -0.1) is 10.2 Å². The second kappa shape index (κ2) is 9.40. The van der Waals surface area contributed by atoms with Gasteiger partial charge >= 0.3 is 0 Å². The lowest BCUT2D eigenvalue weighted by atomic mass is 10.2. The van der Waals surface area contributed by atoms with Crippen molar-refractivity contribution in [1.82, 2.24) is 24.9 Å². The Morgan fingerprint density at radius 3 is 2.70 bits per heavy atom. The van der Waals surface area contributed by atoms with Crippen LogP contribution in [0.25, 0.3) is 17.1 Å². The molecular formula is C21H19ClFN5OS. The van der Waals surface area contributed by atoms with Gasteiger partial charge in [-0.1, -0.05) is 66.1 Å². The molecule has 0 aliphatic rings. The van der Waals surface area contributed by atoms with Crippen molar-refractivity contribution in [3.8, 4) is 17.1 Å². The molecule has 0 radical (unpaired) electrons. The van der Waals surface area contributed by atoms with E-state index in [2.05, 4.69) is 27.3 Å². The molecule has 0 amide bonds. The molecule has 4 aromatic rings. The second-order valence-corrected chi connectivity index (χ2v) is 7.92. The van der Waals surface area contributed by atoms with E-state index in [1.807, 2.05) is 18.2 Å². The molecule has 2 heterocycles. The van der Waals surface area contributed by atoms with E-state index < -0.39 is 0 Å². The first kappa shape index (κ1) is 20.6. The van der Waals surface area contributed by atoms with Gasteiger partial charge in [-0.25, -0.2) is 4.39 Å². The van der Waals surface area contributed by atoms with Crippen molar-refractivity contribution < 1.29 is 8.91 Å². The maximum Gasteiger partial charge on any atom is 0.237 e. The van der Waals surface area contributed by atoms with Crippen LogP contribution in [0, 0.1) is 5.82 Å². The standard InChI is InChI=1S/C21H19ClFN5OS/c1-2-3-12-18-24-19(29-27-18)13-30-21-26-25-20(14-8-4-5-9-15(14)22)28(21)17-11-7-6-10-16(17)23/h4-11H,2-3,12-13H2,1H3. The minimum Gasteiger partial charge on any atom is -0.338 e. The van der Waals surface area contributed by atoms with Gasteiger partial charge in [0.15, 0.2) is 16.8 Å². The maximum absolute atomic E-state index is 14.7. The summed E-state index contributed by atoms with van der Waals surface area (Å²) in [5.41, 5.74) is 1.01. The molecule has 30 heavy (non-hydrogen) atoms. The van der Waals surface area contributed by atoms with Crippen LogP contribution in [0.2, 0.25) is 5.02 Å². The van der Waals surface area contributed by atoms with E-state index in [9.17, 15) is 4.39 Å². The number of para-hydroxylation sites is 1. The lowest BCUT2D eigenvalue weighted by Crippen LogP contribution is -2.02. The van der Waals surface area contributed by atoms with Crippen molar-refractivity contribution in [3.05, 3.63) is 71.1 Å². The van der Waals surface area contributed by atoms with E-state index in [0.717, 1.165) is 19.3 Å².